The van der Waals surface area contributed by atoms with Gasteiger partial charge in [-0.05, 0) is 63.3 Å². The molecule has 1 aliphatic rings. The van der Waals surface area contributed by atoms with Gasteiger partial charge in [-0.2, -0.15) is 0 Å². The van der Waals surface area contributed by atoms with Crippen molar-refractivity contribution in [2.24, 2.45) is 11.3 Å². The third-order valence-corrected chi connectivity index (χ3v) is 6.05. The van der Waals surface area contributed by atoms with Crippen LogP contribution in [0.25, 0.3) is 6.08 Å². The van der Waals surface area contributed by atoms with E-state index in [2.05, 4.69) is 11.6 Å². The van der Waals surface area contributed by atoms with Crippen molar-refractivity contribution in [3.8, 4) is 0 Å². The minimum Gasteiger partial charge on any atom is -0.298 e. The van der Waals surface area contributed by atoms with Gasteiger partial charge in [0.1, 0.15) is 5.78 Å². The van der Waals surface area contributed by atoms with Crippen molar-refractivity contribution in [1.82, 2.24) is 4.98 Å². The number of halogens is 1. The van der Waals surface area contributed by atoms with Crippen LogP contribution in [0.1, 0.15) is 63.8 Å². The molecule has 2 rings (SSSR count). The smallest absolute Gasteiger partial charge is 0.160 e. The van der Waals surface area contributed by atoms with Gasteiger partial charge in [0.2, 0.25) is 0 Å². The molecule has 0 spiro atoms. The molecule has 140 valence electrons. The molecule has 0 saturated heterocycles. The Morgan fingerprint density at radius 2 is 2.04 bits per heavy atom. The summed E-state index contributed by atoms with van der Waals surface area (Å²) in [6.07, 6.45) is 8.92. The van der Waals surface area contributed by atoms with Gasteiger partial charge in [0.15, 0.2) is 5.78 Å². The summed E-state index contributed by atoms with van der Waals surface area (Å²) in [7, 11) is 0. The van der Waals surface area contributed by atoms with Gasteiger partial charge in [-0.25, -0.2) is 0 Å². The van der Waals surface area contributed by atoms with E-state index in [9.17, 15) is 9.59 Å². The lowest BCUT2D eigenvalue weighted by Gasteiger charge is -2.34. The number of carbonyl (C=O) groups is 2. The van der Waals surface area contributed by atoms with E-state index in [1.165, 1.54) is 6.08 Å². The van der Waals surface area contributed by atoms with E-state index >= 15 is 0 Å². The lowest BCUT2D eigenvalue weighted by Crippen LogP contribution is -2.38. The summed E-state index contributed by atoms with van der Waals surface area (Å²) >= 11 is 6.31. The molecule has 1 heterocycles. The molecule has 3 nitrogen and oxygen atoms in total. The van der Waals surface area contributed by atoms with Gasteiger partial charge in [-0.15, -0.1) is 0 Å². The molecule has 0 saturated carbocycles. The van der Waals surface area contributed by atoms with Crippen LogP contribution in [-0.4, -0.2) is 16.6 Å². The first-order valence-electron chi connectivity index (χ1n) is 9.08. The number of aromatic nitrogens is 1. The molecule has 0 bridgehead atoms. The maximum absolute atomic E-state index is 13.4. The Hall–Kier alpha value is -1.74. The molecular formula is C22H28ClNO2. The van der Waals surface area contributed by atoms with Crippen LogP contribution in [0.2, 0.25) is 5.02 Å². The fourth-order valence-electron chi connectivity index (χ4n) is 4.19. The molecule has 1 aliphatic carbocycles. The topological polar surface area (TPSA) is 47.0 Å². The molecule has 0 amide bonds. The van der Waals surface area contributed by atoms with Crippen LogP contribution in [0.3, 0.4) is 0 Å². The average molecular weight is 374 g/mol. The largest absolute Gasteiger partial charge is 0.298 e. The third kappa shape index (κ3) is 3.68. The molecule has 0 aliphatic heterocycles. The SMILES string of the molecule is C=CC(=O)C1(C)CC/C=C/c2ncc(Cl)c(C)c2C(C)(C)C(=O)[C@@H](C)C1. The van der Waals surface area contributed by atoms with Crippen LogP contribution in [0, 0.1) is 18.3 Å². The van der Waals surface area contributed by atoms with E-state index in [1.54, 1.807) is 6.20 Å². The predicted molar refractivity (Wildman–Crippen MR) is 107 cm³/mol. The minimum absolute atomic E-state index is 0.00235. The average Bonchev–Trinajstić information content (AvgIpc) is 2.60. The predicted octanol–water partition coefficient (Wildman–Crippen LogP) is 5.48. The Bertz CT molecular complexity index is 779. The molecule has 0 radical (unpaired) electrons. The number of carbonyl (C=O) groups excluding carboxylic acids is 2. The van der Waals surface area contributed by atoms with Gasteiger partial charge in [-0.3, -0.25) is 14.6 Å². The summed E-state index contributed by atoms with van der Waals surface area (Å²) in [5, 5.41) is 0.562. The molecule has 4 heteroatoms. The van der Waals surface area contributed by atoms with Gasteiger partial charge in [0.05, 0.1) is 16.1 Å². The number of hydrogen-bond donors (Lipinski definition) is 0. The normalized spacial score (nSPS) is 27.2. The minimum atomic E-state index is -0.746. The number of hydrogen-bond acceptors (Lipinski definition) is 3. The van der Waals surface area contributed by atoms with Gasteiger partial charge in [0.25, 0.3) is 0 Å². The second-order valence-corrected chi connectivity index (χ2v) is 8.56. The van der Waals surface area contributed by atoms with E-state index in [0.29, 0.717) is 17.9 Å². The van der Waals surface area contributed by atoms with Gasteiger partial charge >= 0.3 is 0 Å². The fourth-order valence-corrected chi connectivity index (χ4v) is 4.33. The van der Waals surface area contributed by atoms with Crippen molar-refractivity contribution in [3.05, 3.63) is 46.8 Å². The molecule has 0 aromatic carbocycles. The van der Waals surface area contributed by atoms with Crippen molar-refractivity contribution < 1.29 is 9.59 Å². The van der Waals surface area contributed by atoms with Crippen molar-refractivity contribution >= 4 is 29.2 Å². The maximum Gasteiger partial charge on any atom is 0.160 e. The molecular weight excluding hydrogens is 346 g/mol. The number of allylic oxidation sites excluding steroid dienone is 2. The second-order valence-electron chi connectivity index (χ2n) is 8.16. The van der Waals surface area contributed by atoms with E-state index < -0.39 is 10.8 Å². The third-order valence-electron chi connectivity index (χ3n) is 5.67. The second kappa shape index (κ2) is 7.48. The first-order valence-corrected chi connectivity index (χ1v) is 9.45. The van der Waals surface area contributed by atoms with Crippen LogP contribution in [0.15, 0.2) is 24.9 Å². The Kier molecular flexibility index (Phi) is 5.92. The molecule has 0 N–H and O–H groups in total. The van der Waals surface area contributed by atoms with Crippen molar-refractivity contribution in [3.63, 3.8) is 0 Å². The van der Waals surface area contributed by atoms with Crippen molar-refractivity contribution in [1.29, 1.82) is 0 Å². The zero-order valence-electron chi connectivity index (χ0n) is 16.4. The quantitative estimate of drug-likeness (QED) is 0.644. The zero-order valence-corrected chi connectivity index (χ0v) is 17.1. The Morgan fingerprint density at radius 3 is 2.65 bits per heavy atom. The van der Waals surface area contributed by atoms with Gasteiger partial charge in [-0.1, -0.05) is 38.1 Å². The lowest BCUT2D eigenvalue weighted by atomic mass is 9.68. The Labute approximate surface area is 161 Å². The summed E-state index contributed by atoms with van der Waals surface area (Å²) in [6, 6.07) is 0. The molecule has 1 aromatic rings. The number of nitrogens with zero attached hydrogens (tertiary/aromatic N) is 1. The number of Topliss-reactive ketones (excluding diaryl/α,β-unsaturated/α-hetero) is 1. The summed E-state index contributed by atoms with van der Waals surface area (Å²) in [5.41, 5.74) is 1.20. The number of ketones is 2. The maximum atomic E-state index is 13.4. The standard InChI is InChI=1S/C22H28ClNO2/c1-7-18(25)22(6)11-9-8-10-17-19(15(3)16(23)13-24-17)21(4,5)20(26)14(2)12-22/h7-8,10,13-14H,1,9,11-12H2,2-6H3/b10-8+/t14-,22?/m0/s1. The Morgan fingerprint density at radius 1 is 1.38 bits per heavy atom. The first-order chi connectivity index (χ1) is 12.0. The first kappa shape index (κ1) is 20.6. The highest BCUT2D eigenvalue weighted by Crippen LogP contribution is 2.40. The van der Waals surface area contributed by atoms with E-state index in [0.717, 1.165) is 23.2 Å². The van der Waals surface area contributed by atoms with E-state index in [4.69, 9.17) is 11.6 Å². The van der Waals surface area contributed by atoms with Crippen LogP contribution in [0.5, 0.6) is 0 Å². The number of fused-ring (bicyclic) bond motifs is 1. The van der Waals surface area contributed by atoms with E-state index in [1.807, 2.05) is 46.8 Å². The molecule has 2 atom stereocenters. The summed E-state index contributed by atoms with van der Waals surface area (Å²) in [4.78, 5) is 30.3. The molecule has 26 heavy (non-hydrogen) atoms. The highest BCUT2D eigenvalue weighted by Gasteiger charge is 2.41. The highest BCUT2D eigenvalue weighted by molar-refractivity contribution is 6.31. The molecule has 1 aromatic heterocycles. The monoisotopic (exact) mass is 373 g/mol. The van der Waals surface area contributed by atoms with Gasteiger partial charge < -0.3 is 0 Å². The van der Waals surface area contributed by atoms with E-state index in [-0.39, 0.29) is 17.5 Å². The van der Waals surface area contributed by atoms with Crippen molar-refractivity contribution in [2.45, 2.75) is 59.3 Å². The zero-order chi connectivity index (χ0) is 19.7. The summed E-state index contributed by atoms with van der Waals surface area (Å²) < 4.78 is 0. The van der Waals surface area contributed by atoms with Crippen LogP contribution >= 0.6 is 11.6 Å². The van der Waals surface area contributed by atoms with Crippen LogP contribution in [0.4, 0.5) is 0 Å². The van der Waals surface area contributed by atoms with Crippen LogP contribution in [-0.2, 0) is 15.0 Å². The summed E-state index contributed by atoms with van der Waals surface area (Å²) in [6.45, 7) is 13.3. The lowest BCUT2D eigenvalue weighted by molar-refractivity contribution is -0.130. The fraction of sp³-hybridized carbons (Fsp3) is 0.500. The van der Waals surface area contributed by atoms with Crippen molar-refractivity contribution in [2.75, 3.05) is 0 Å². The highest BCUT2D eigenvalue weighted by atomic mass is 35.5. The number of rotatable bonds is 2. The Balaban J connectivity index is 2.62. The molecule has 0 fully saturated rings. The number of pyridine rings is 1. The van der Waals surface area contributed by atoms with Crippen LogP contribution < -0.4 is 0 Å². The van der Waals surface area contributed by atoms with Gasteiger partial charge in [0, 0.05) is 17.5 Å². The molecule has 1 unspecified atom stereocenters. The summed E-state index contributed by atoms with van der Waals surface area (Å²) in [5.74, 6) is -0.162.